The van der Waals surface area contributed by atoms with E-state index in [2.05, 4.69) is 16.4 Å². The lowest BCUT2D eigenvalue weighted by molar-refractivity contribution is -0.174. The van der Waals surface area contributed by atoms with Crippen LogP contribution in [0.2, 0.25) is 0 Å². The molecule has 1 atom stereocenters. The molecule has 0 aliphatic heterocycles. The van der Waals surface area contributed by atoms with E-state index in [9.17, 15) is 23.1 Å². The van der Waals surface area contributed by atoms with Crippen LogP contribution < -0.4 is 5.32 Å². The van der Waals surface area contributed by atoms with Crippen LogP contribution >= 0.6 is 0 Å². The van der Waals surface area contributed by atoms with E-state index in [0.29, 0.717) is 16.6 Å². The van der Waals surface area contributed by atoms with Gasteiger partial charge in [0.05, 0.1) is 41.1 Å². The molecule has 2 aromatic rings. The van der Waals surface area contributed by atoms with Crippen LogP contribution in [0.1, 0.15) is 51.5 Å². The minimum Gasteiger partial charge on any atom is -0.389 e. The van der Waals surface area contributed by atoms with Crippen molar-refractivity contribution < 1.29 is 23.1 Å². The van der Waals surface area contributed by atoms with Gasteiger partial charge in [-0.2, -0.15) is 18.4 Å². The van der Waals surface area contributed by atoms with E-state index >= 15 is 0 Å². The third-order valence-corrected chi connectivity index (χ3v) is 5.13. The predicted molar refractivity (Wildman–Crippen MR) is 96.5 cm³/mol. The van der Waals surface area contributed by atoms with E-state index in [1.807, 2.05) is 11.5 Å². The summed E-state index contributed by atoms with van der Waals surface area (Å²) in [6.07, 6.45) is -4.07. The van der Waals surface area contributed by atoms with Crippen molar-refractivity contribution in [2.24, 2.45) is 0 Å². The summed E-state index contributed by atoms with van der Waals surface area (Å²) >= 11 is 0. The summed E-state index contributed by atoms with van der Waals surface area (Å²) in [5.41, 5.74) is -0.821. The SMILES string of the molecule is CC(O)(CC(=O)Nc1nc2ccc(C#N)cc2n1C1(C)CCC1)CC(F)(F)F. The normalized spacial score (nSPS) is 18.2. The molecule has 1 unspecified atom stereocenters. The summed E-state index contributed by atoms with van der Waals surface area (Å²) in [4.78, 5) is 16.8. The minimum atomic E-state index is -4.58. The van der Waals surface area contributed by atoms with Gasteiger partial charge in [0.1, 0.15) is 0 Å². The third kappa shape index (κ3) is 4.12. The van der Waals surface area contributed by atoms with Crippen LogP contribution in [0, 0.1) is 11.3 Å². The van der Waals surface area contributed by atoms with Crippen molar-refractivity contribution in [1.29, 1.82) is 5.26 Å². The molecule has 6 nitrogen and oxygen atoms in total. The number of fused-ring (bicyclic) bond motifs is 1. The second-order valence-corrected chi connectivity index (χ2v) is 7.95. The zero-order valence-electron chi connectivity index (χ0n) is 15.6. The van der Waals surface area contributed by atoms with Gasteiger partial charge in [0.25, 0.3) is 0 Å². The monoisotopic (exact) mass is 394 g/mol. The van der Waals surface area contributed by atoms with Gasteiger partial charge in [0, 0.05) is 5.54 Å². The lowest BCUT2D eigenvalue weighted by atomic mass is 9.78. The number of carbonyl (C=O) groups excluding carboxylic acids is 1. The fraction of sp³-hybridized carbons (Fsp3) is 0.526. The zero-order valence-corrected chi connectivity index (χ0v) is 15.6. The van der Waals surface area contributed by atoms with Gasteiger partial charge in [0.15, 0.2) is 0 Å². The molecule has 1 aliphatic carbocycles. The molecule has 0 radical (unpaired) electrons. The maximum Gasteiger partial charge on any atom is 0.391 e. The lowest BCUT2D eigenvalue weighted by Crippen LogP contribution is -2.39. The van der Waals surface area contributed by atoms with E-state index in [0.717, 1.165) is 26.2 Å². The summed E-state index contributed by atoms with van der Waals surface area (Å²) in [5, 5.41) is 21.7. The summed E-state index contributed by atoms with van der Waals surface area (Å²) in [7, 11) is 0. The Kier molecular flexibility index (Phi) is 4.88. The fourth-order valence-electron chi connectivity index (χ4n) is 3.70. The zero-order chi connectivity index (χ0) is 20.7. The van der Waals surface area contributed by atoms with Gasteiger partial charge >= 0.3 is 6.18 Å². The van der Waals surface area contributed by atoms with Gasteiger partial charge < -0.3 is 9.67 Å². The van der Waals surface area contributed by atoms with Crippen LogP contribution in [0.3, 0.4) is 0 Å². The number of aromatic nitrogens is 2. The first-order chi connectivity index (χ1) is 12.9. The van der Waals surface area contributed by atoms with Gasteiger partial charge in [-0.3, -0.25) is 10.1 Å². The number of nitriles is 1. The molecule has 0 bridgehead atoms. The fourth-order valence-corrected chi connectivity index (χ4v) is 3.70. The quantitative estimate of drug-likeness (QED) is 0.806. The number of nitrogens with one attached hydrogen (secondary N) is 1. The Morgan fingerprint density at radius 2 is 2.11 bits per heavy atom. The van der Waals surface area contributed by atoms with Crippen LogP contribution in [-0.4, -0.2) is 32.3 Å². The molecule has 150 valence electrons. The van der Waals surface area contributed by atoms with E-state index in [1.165, 1.54) is 0 Å². The van der Waals surface area contributed by atoms with Gasteiger partial charge in [-0.15, -0.1) is 0 Å². The number of hydrogen-bond acceptors (Lipinski definition) is 4. The number of hydrogen-bond donors (Lipinski definition) is 2. The second-order valence-electron chi connectivity index (χ2n) is 7.95. The molecule has 1 aromatic heterocycles. The topological polar surface area (TPSA) is 90.9 Å². The molecular formula is C19H21F3N4O2. The standard InChI is InChI=1S/C19H21F3N4O2/c1-17(6-3-7-17)26-14-8-12(10-23)4-5-13(14)24-16(26)25-15(27)9-18(2,28)11-19(20,21)22/h4-5,8,28H,3,6-7,9,11H2,1-2H3,(H,24,25,27). The van der Waals surface area contributed by atoms with Crippen LogP contribution in [0.5, 0.6) is 0 Å². The number of anilines is 1. The number of alkyl halides is 3. The molecule has 0 saturated heterocycles. The Morgan fingerprint density at radius 3 is 2.64 bits per heavy atom. The molecule has 9 heteroatoms. The van der Waals surface area contributed by atoms with Gasteiger partial charge in [-0.25, -0.2) is 4.98 Å². The first kappa shape index (κ1) is 20.1. The molecule has 2 N–H and O–H groups in total. The molecule has 1 amide bonds. The summed E-state index contributed by atoms with van der Waals surface area (Å²) in [6, 6.07) is 7.03. The average molecular weight is 394 g/mol. The van der Waals surface area contributed by atoms with E-state index < -0.39 is 30.5 Å². The predicted octanol–water partition coefficient (Wildman–Crippen LogP) is 3.84. The van der Waals surface area contributed by atoms with Crippen molar-refractivity contribution in [2.45, 2.75) is 63.3 Å². The minimum absolute atomic E-state index is 0.208. The number of carbonyl (C=O) groups is 1. The highest BCUT2D eigenvalue weighted by atomic mass is 19.4. The first-order valence-corrected chi connectivity index (χ1v) is 8.95. The maximum atomic E-state index is 12.6. The molecule has 28 heavy (non-hydrogen) atoms. The highest BCUT2D eigenvalue weighted by Crippen LogP contribution is 2.43. The largest absolute Gasteiger partial charge is 0.391 e. The Labute approximate surface area is 160 Å². The van der Waals surface area contributed by atoms with Crippen molar-refractivity contribution in [3.8, 4) is 6.07 Å². The molecule has 3 rings (SSSR count). The molecular weight excluding hydrogens is 373 g/mol. The molecule has 1 saturated carbocycles. The highest BCUT2D eigenvalue weighted by molar-refractivity contribution is 5.92. The van der Waals surface area contributed by atoms with Crippen LogP contribution in [0.25, 0.3) is 11.0 Å². The second kappa shape index (κ2) is 6.78. The maximum absolute atomic E-state index is 12.6. The van der Waals surface area contributed by atoms with Crippen molar-refractivity contribution in [1.82, 2.24) is 9.55 Å². The van der Waals surface area contributed by atoms with Crippen molar-refractivity contribution >= 4 is 22.9 Å². The number of amides is 1. The Hall–Kier alpha value is -2.60. The molecule has 1 fully saturated rings. The average Bonchev–Trinajstić information content (AvgIpc) is 2.86. The van der Waals surface area contributed by atoms with Crippen LogP contribution in [0.15, 0.2) is 18.2 Å². The smallest absolute Gasteiger partial charge is 0.389 e. The van der Waals surface area contributed by atoms with Gasteiger partial charge in [-0.05, 0) is 51.3 Å². The Balaban J connectivity index is 1.91. The number of halogens is 3. The van der Waals surface area contributed by atoms with Crippen molar-refractivity contribution in [2.75, 3.05) is 5.32 Å². The molecule has 1 heterocycles. The number of benzene rings is 1. The van der Waals surface area contributed by atoms with Crippen LogP contribution in [-0.2, 0) is 10.3 Å². The first-order valence-electron chi connectivity index (χ1n) is 8.95. The number of rotatable bonds is 5. The summed E-state index contributed by atoms with van der Waals surface area (Å²) in [5.74, 6) is -0.547. The van der Waals surface area contributed by atoms with Gasteiger partial charge in [-0.1, -0.05) is 0 Å². The van der Waals surface area contributed by atoms with Gasteiger partial charge in [0.2, 0.25) is 11.9 Å². The summed E-state index contributed by atoms with van der Waals surface area (Å²) in [6.45, 7) is 2.99. The third-order valence-electron chi connectivity index (χ3n) is 5.13. The Bertz CT molecular complexity index is 952. The van der Waals surface area contributed by atoms with E-state index in [-0.39, 0.29) is 11.5 Å². The molecule has 1 aliphatic rings. The number of nitrogens with zero attached hydrogens (tertiary/aromatic N) is 3. The van der Waals surface area contributed by atoms with Crippen LogP contribution in [0.4, 0.5) is 19.1 Å². The van der Waals surface area contributed by atoms with Crippen molar-refractivity contribution in [3.63, 3.8) is 0 Å². The number of imidazole rings is 1. The number of aliphatic hydroxyl groups is 1. The lowest BCUT2D eigenvalue weighted by Gasteiger charge is -2.41. The molecule has 0 spiro atoms. The summed E-state index contributed by atoms with van der Waals surface area (Å²) < 4.78 is 39.6. The van der Waals surface area contributed by atoms with Crippen molar-refractivity contribution in [3.05, 3.63) is 23.8 Å². The van der Waals surface area contributed by atoms with E-state index in [1.54, 1.807) is 18.2 Å². The highest BCUT2D eigenvalue weighted by Gasteiger charge is 2.40. The molecule has 1 aromatic carbocycles. The Morgan fingerprint density at radius 1 is 1.43 bits per heavy atom. The van der Waals surface area contributed by atoms with E-state index in [4.69, 9.17) is 5.26 Å².